The minimum Gasteiger partial charge on any atom is -0.475 e. The summed E-state index contributed by atoms with van der Waals surface area (Å²) in [5.74, 6) is -1.26. The highest BCUT2D eigenvalue weighted by Crippen LogP contribution is 2.17. The van der Waals surface area contributed by atoms with Crippen LogP contribution >= 0.6 is 0 Å². The van der Waals surface area contributed by atoms with Crippen molar-refractivity contribution in [2.75, 3.05) is 26.3 Å². The molecule has 0 aliphatic carbocycles. The lowest BCUT2D eigenvalue weighted by Crippen LogP contribution is -2.53. The molecule has 1 saturated heterocycles. The number of ether oxygens (including phenoxy) is 1. The molecule has 2 rings (SSSR count). The van der Waals surface area contributed by atoms with Gasteiger partial charge in [-0.2, -0.15) is 0 Å². The lowest BCUT2D eigenvalue weighted by molar-refractivity contribution is -0.132. The van der Waals surface area contributed by atoms with Crippen LogP contribution in [0.1, 0.15) is 29.5 Å². The summed E-state index contributed by atoms with van der Waals surface area (Å²) in [4.78, 5) is 25.1. The molecule has 0 bridgehead atoms. The highest BCUT2D eigenvalue weighted by atomic mass is 16.5. The van der Waals surface area contributed by atoms with Gasteiger partial charge in [0.15, 0.2) is 0 Å². The number of nitrogens with one attached hydrogen (secondary N) is 1. The van der Waals surface area contributed by atoms with Crippen molar-refractivity contribution in [2.24, 2.45) is 0 Å². The molecule has 0 aromatic carbocycles. The van der Waals surface area contributed by atoms with Crippen molar-refractivity contribution in [1.82, 2.24) is 10.2 Å². The van der Waals surface area contributed by atoms with E-state index in [4.69, 9.17) is 14.3 Å². The van der Waals surface area contributed by atoms with Crippen LogP contribution in [0.5, 0.6) is 0 Å². The first kappa shape index (κ1) is 15.5. The van der Waals surface area contributed by atoms with Crippen molar-refractivity contribution < 1.29 is 23.8 Å². The van der Waals surface area contributed by atoms with E-state index in [1.807, 2.05) is 11.8 Å². The molecule has 1 atom stereocenters. The molecule has 1 aromatic heterocycles. The molecular formula is C14H20N2O5. The number of aromatic carboxylic acids is 1. The second kappa shape index (κ2) is 7.24. The number of carboxylic acid groups (broad SMARTS) is 1. The van der Waals surface area contributed by atoms with Crippen LogP contribution in [-0.4, -0.2) is 54.2 Å². The van der Waals surface area contributed by atoms with Gasteiger partial charge in [-0.25, -0.2) is 4.79 Å². The second-order valence-corrected chi connectivity index (χ2v) is 4.93. The maximum atomic E-state index is 12.1. The molecule has 1 amide bonds. The topological polar surface area (TPSA) is 92.0 Å². The first-order valence-electron chi connectivity index (χ1n) is 7.02. The van der Waals surface area contributed by atoms with E-state index in [1.54, 1.807) is 6.07 Å². The van der Waals surface area contributed by atoms with E-state index in [1.165, 1.54) is 6.26 Å². The molecule has 1 aliphatic heterocycles. The SMILES string of the molecule is CCCNC(=O)C1COCCN1Cc1ccoc1C(=O)O. The molecule has 1 aromatic rings. The van der Waals surface area contributed by atoms with Crippen LogP contribution in [-0.2, 0) is 16.1 Å². The molecule has 21 heavy (non-hydrogen) atoms. The molecule has 116 valence electrons. The molecule has 2 heterocycles. The minimum atomic E-state index is -1.10. The van der Waals surface area contributed by atoms with Crippen LogP contribution in [0.15, 0.2) is 16.7 Å². The van der Waals surface area contributed by atoms with Crippen LogP contribution < -0.4 is 5.32 Å². The van der Waals surface area contributed by atoms with Crippen molar-refractivity contribution >= 4 is 11.9 Å². The van der Waals surface area contributed by atoms with Gasteiger partial charge >= 0.3 is 5.97 Å². The van der Waals surface area contributed by atoms with Gasteiger partial charge in [-0.15, -0.1) is 0 Å². The minimum absolute atomic E-state index is 0.0748. The summed E-state index contributed by atoms with van der Waals surface area (Å²) >= 11 is 0. The van der Waals surface area contributed by atoms with E-state index in [2.05, 4.69) is 5.32 Å². The Labute approximate surface area is 122 Å². The average Bonchev–Trinajstić information content (AvgIpc) is 2.93. The fourth-order valence-electron chi connectivity index (χ4n) is 2.30. The monoisotopic (exact) mass is 296 g/mol. The van der Waals surface area contributed by atoms with Gasteiger partial charge < -0.3 is 19.6 Å². The van der Waals surface area contributed by atoms with E-state index in [0.29, 0.717) is 38.4 Å². The van der Waals surface area contributed by atoms with Crippen LogP contribution in [0.4, 0.5) is 0 Å². The number of furan rings is 1. The van der Waals surface area contributed by atoms with Gasteiger partial charge in [0.2, 0.25) is 11.7 Å². The van der Waals surface area contributed by atoms with Crippen LogP contribution in [0.3, 0.4) is 0 Å². The van der Waals surface area contributed by atoms with Crippen molar-refractivity contribution in [3.63, 3.8) is 0 Å². The number of hydrogen-bond donors (Lipinski definition) is 2. The summed E-state index contributed by atoms with van der Waals surface area (Å²) in [6, 6.07) is 1.22. The Kier molecular flexibility index (Phi) is 5.35. The number of carbonyl (C=O) groups is 2. The van der Waals surface area contributed by atoms with E-state index >= 15 is 0 Å². The normalized spacial score (nSPS) is 19.4. The van der Waals surface area contributed by atoms with Crippen LogP contribution in [0.2, 0.25) is 0 Å². The highest BCUT2D eigenvalue weighted by molar-refractivity contribution is 5.86. The standard InChI is InChI=1S/C14H20N2O5/c1-2-4-15-13(17)11-9-20-7-5-16(11)8-10-3-6-21-12(10)14(18)19/h3,6,11H,2,4-5,7-9H2,1H3,(H,15,17)(H,18,19). The van der Waals surface area contributed by atoms with Gasteiger partial charge in [0, 0.05) is 25.2 Å². The number of amides is 1. The number of morpholine rings is 1. The fraction of sp³-hybridized carbons (Fsp3) is 0.571. The zero-order valence-corrected chi connectivity index (χ0v) is 12.0. The number of carbonyl (C=O) groups excluding carboxylic acids is 1. The third-order valence-corrected chi connectivity index (χ3v) is 3.41. The predicted octanol–water partition coefficient (Wildman–Crippen LogP) is 0.705. The average molecular weight is 296 g/mol. The Morgan fingerprint density at radius 3 is 3.05 bits per heavy atom. The summed E-state index contributed by atoms with van der Waals surface area (Å²) in [5, 5.41) is 11.9. The van der Waals surface area contributed by atoms with Crippen molar-refractivity contribution in [1.29, 1.82) is 0 Å². The van der Waals surface area contributed by atoms with Gasteiger partial charge in [-0.1, -0.05) is 6.92 Å². The largest absolute Gasteiger partial charge is 0.475 e. The molecule has 1 unspecified atom stereocenters. The summed E-state index contributed by atoms with van der Waals surface area (Å²) in [6.45, 7) is 4.38. The Bertz CT molecular complexity index is 499. The zero-order chi connectivity index (χ0) is 15.2. The maximum Gasteiger partial charge on any atom is 0.372 e. The Balaban J connectivity index is 2.06. The Morgan fingerprint density at radius 2 is 2.33 bits per heavy atom. The molecule has 0 radical (unpaired) electrons. The first-order valence-corrected chi connectivity index (χ1v) is 7.02. The molecule has 7 heteroatoms. The van der Waals surface area contributed by atoms with Crippen molar-refractivity contribution in [2.45, 2.75) is 25.9 Å². The number of hydrogen-bond acceptors (Lipinski definition) is 5. The van der Waals surface area contributed by atoms with E-state index < -0.39 is 12.0 Å². The summed E-state index contributed by atoms with van der Waals surface area (Å²) in [7, 11) is 0. The Hall–Kier alpha value is -1.86. The summed E-state index contributed by atoms with van der Waals surface area (Å²) in [6.07, 6.45) is 2.22. The van der Waals surface area contributed by atoms with Crippen LogP contribution in [0, 0.1) is 0 Å². The molecular weight excluding hydrogens is 276 g/mol. The van der Waals surface area contributed by atoms with Gasteiger partial charge in [-0.05, 0) is 12.5 Å². The summed E-state index contributed by atoms with van der Waals surface area (Å²) < 4.78 is 10.3. The van der Waals surface area contributed by atoms with E-state index in [9.17, 15) is 9.59 Å². The highest BCUT2D eigenvalue weighted by Gasteiger charge is 2.30. The number of rotatable bonds is 6. The molecule has 7 nitrogen and oxygen atoms in total. The lowest BCUT2D eigenvalue weighted by atomic mass is 10.1. The number of carboxylic acids is 1. The van der Waals surface area contributed by atoms with Gasteiger partial charge in [-0.3, -0.25) is 9.69 Å². The van der Waals surface area contributed by atoms with Gasteiger partial charge in [0.1, 0.15) is 6.04 Å². The molecule has 1 aliphatic rings. The lowest BCUT2D eigenvalue weighted by Gasteiger charge is -2.34. The van der Waals surface area contributed by atoms with Crippen molar-refractivity contribution in [3.8, 4) is 0 Å². The number of nitrogens with zero attached hydrogens (tertiary/aromatic N) is 1. The van der Waals surface area contributed by atoms with Gasteiger partial charge in [0.25, 0.3) is 0 Å². The maximum absolute atomic E-state index is 12.1. The molecule has 1 fully saturated rings. The third-order valence-electron chi connectivity index (χ3n) is 3.41. The van der Waals surface area contributed by atoms with Crippen molar-refractivity contribution in [3.05, 3.63) is 23.7 Å². The predicted molar refractivity (Wildman–Crippen MR) is 74.0 cm³/mol. The molecule has 0 spiro atoms. The first-order chi connectivity index (χ1) is 10.1. The molecule has 2 N–H and O–H groups in total. The Morgan fingerprint density at radius 1 is 1.52 bits per heavy atom. The summed E-state index contributed by atoms with van der Waals surface area (Å²) in [5.41, 5.74) is 0.567. The molecule has 0 saturated carbocycles. The quantitative estimate of drug-likeness (QED) is 0.803. The zero-order valence-electron chi connectivity index (χ0n) is 12.0. The van der Waals surface area contributed by atoms with Crippen LogP contribution in [0.25, 0.3) is 0 Å². The third kappa shape index (κ3) is 3.83. The second-order valence-electron chi connectivity index (χ2n) is 4.93. The van der Waals surface area contributed by atoms with Gasteiger partial charge in [0.05, 0.1) is 19.5 Å². The van der Waals surface area contributed by atoms with E-state index in [-0.39, 0.29) is 11.7 Å². The fourth-order valence-corrected chi connectivity index (χ4v) is 2.30. The smallest absolute Gasteiger partial charge is 0.372 e. The van der Waals surface area contributed by atoms with E-state index in [0.717, 1.165) is 6.42 Å².